The van der Waals surface area contributed by atoms with E-state index in [-0.39, 0.29) is 6.61 Å². The molecule has 1 atom stereocenters. The maximum atomic E-state index is 8.87. The molecule has 2 aromatic heterocycles. The Morgan fingerprint density at radius 2 is 2.42 bits per heavy atom. The summed E-state index contributed by atoms with van der Waals surface area (Å²) in [5, 5.41) is 14.5. The molecule has 19 heavy (non-hydrogen) atoms. The maximum absolute atomic E-state index is 8.87. The standard InChI is InChI=1S/C14H21N3OS/c1-10(3-2-7-18)15-9-12-13(11-4-5-11)16-14-17(12)6-8-19-14/h6,8,10-11,15,18H,2-5,7,9H2,1H3. The van der Waals surface area contributed by atoms with Crippen molar-refractivity contribution in [1.29, 1.82) is 0 Å². The third-order valence-corrected chi connectivity index (χ3v) is 4.53. The average Bonchev–Trinajstić information content (AvgIpc) is 3.05. The first kappa shape index (κ1) is 13.1. The molecule has 0 spiro atoms. The number of aromatic nitrogens is 2. The number of hydrogen-bond acceptors (Lipinski definition) is 4. The summed E-state index contributed by atoms with van der Waals surface area (Å²) in [5.41, 5.74) is 2.63. The highest BCUT2D eigenvalue weighted by Crippen LogP contribution is 2.41. The maximum Gasteiger partial charge on any atom is 0.194 e. The Bertz CT molecular complexity index is 544. The number of rotatable bonds is 7. The van der Waals surface area contributed by atoms with E-state index < -0.39 is 0 Å². The zero-order valence-electron chi connectivity index (χ0n) is 11.3. The van der Waals surface area contributed by atoms with Gasteiger partial charge < -0.3 is 10.4 Å². The minimum atomic E-state index is 0.279. The third-order valence-electron chi connectivity index (χ3n) is 3.77. The molecule has 1 aliphatic carbocycles. The molecule has 2 heterocycles. The Hall–Kier alpha value is -0.910. The second-order valence-corrected chi connectivity index (χ2v) is 6.29. The molecule has 0 bridgehead atoms. The van der Waals surface area contributed by atoms with Crippen molar-refractivity contribution in [3.63, 3.8) is 0 Å². The molecule has 0 saturated heterocycles. The molecule has 0 aromatic carbocycles. The number of hydrogen-bond donors (Lipinski definition) is 2. The molecule has 3 rings (SSSR count). The second-order valence-electron chi connectivity index (χ2n) is 5.42. The molecule has 5 heteroatoms. The summed E-state index contributed by atoms with van der Waals surface area (Å²) in [5.74, 6) is 0.691. The highest BCUT2D eigenvalue weighted by molar-refractivity contribution is 7.15. The lowest BCUT2D eigenvalue weighted by Crippen LogP contribution is -2.26. The van der Waals surface area contributed by atoms with Gasteiger partial charge in [0, 0.05) is 36.7 Å². The fourth-order valence-electron chi connectivity index (χ4n) is 2.48. The zero-order valence-corrected chi connectivity index (χ0v) is 12.1. The Kier molecular flexibility index (Phi) is 3.86. The van der Waals surface area contributed by atoms with Crippen LogP contribution in [0.1, 0.15) is 49.9 Å². The van der Waals surface area contributed by atoms with Gasteiger partial charge in [-0.15, -0.1) is 11.3 Å². The Balaban J connectivity index is 1.71. The van der Waals surface area contributed by atoms with Crippen molar-refractivity contribution in [1.82, 2.24) is 14.7 Å². The van der Waals surface area contributed by atoms with Crippen LogP contribution in [-0.4, -0.2) is 27.1 Å². The number of aliphatic hydroxyl groups excluding tert-OH is 1. The number of aliphatic hydroxyl groups is 1. The molecule has 1 unspecified atom stereocenters. The summed E-state index contributed by atoms with van der Waals surface area (Å²) in [6, 6.07) is 0.434. The Morgan fingerprint density at radius 3 is 3.16 bits per heavy atom. The molecular formula is C14H21N3OS. The molecule has 2 aromatic rings. The molecular weight excluding hydrogens is 258 g/mol. The van der Waals surface area contributed by atoms with Gasteiger partial charge in [0.15, 0.2) is 4.96 Å². The average molecular weight is 279 g/mol. The molecule has 1 saturated carbocycles. The van der Waals surface area contributed by atoms with Crippen molar-refractivity contribution in [2.45, 2.75) is 51.1 Å². The van der Waals surface area contributed by atoms with E-state index in [1.165, 1.54) is 24.2 Å². The van der Waals surface area contributed by atoms with Crippen molar-refractivity contribution in [2.75, 3.05) is 6.61 Å². The highest BCUT2D eigenvalue weighted by Gasteiger charge is 2.30. The van der Waals surface area contributed by atoms with Gasteiger partial charge in [-0.3, -0.25) is 4.40 Å². The monoisotopic (exact) mass is 279 g/mol. The molecule has 4 nitrogen and oxygen atoms in total. The Morgan fingerprint density at radius 1 is 1.58 bits per heavy atom. The summed E-state index contributed by atoms with van der Waals surface area (Å²) < 4.78 is 2.23. The smallest absolute Gasteiger partial charge is 0.194 e. The van der Waals surface area contributed by atoms with Crippen LogP contribution in [0.15, 0.2) is 11.6 Å². The predicted octanol–water partition coefficient (Wildman–Crippen LogP) is 2.52. The molecule has 0 radical (unpaired) electrons. The lowest BCUT2D eigenvalue weighted by molar-refractivity contribution is 0.276. The summed E-state index contributed by atoms with van der Waals surface area (Å²) >= 11 is 1.71. The summed E-state index contributed by atoms with van der Waals surface area (Å²) in [7, 11) is 0. The second kappa shape index (κ2) is 5.61. The van der Waals surface area contributed by atoms with E-state index in [0.717, 1.165) is 24.3 Å². The van der Waals surface area contributed by atoms with Crippen molar-refractivity contribution < 1.29 is 5.11 Å². The van der Waals surface area contributed by atoms with E-state index >= 15 is 0 Å². The minimum Gasteiger partial charge on any atom is -0.396 e. The van der Waals surface area contributed by atoms with E-state index in [1.807, 2.05) is 0 Å². The van der Waals surface area contributed by atoms with E-state index in [0.29, 0.717) is 12.0 Å². The van der Waals surface area contributed by atoms with Crippen LogP contribution in [0.2, 0.25) is 0 Å². The SMILES string of the molecule is CC(CCCO)NCc1c(C2CC2)nc2sccn12. The van der Waals surface area contributed by atoms with Crippen molar-refractivity contribution >= 4 is 16.3 Å². The van der Waals surface area contributed by atoms with E-state index in [1.54, 1.807) is 11.3 Å². The topological polar surface area (TPSA) is 49.6 Å². The summed E-state index contributed by atoms with van der Waals surface area (Å²) in [4.78, 5) is 5.89. The molecule has 0 amide bonds. The molecule has 2 N–H and O–H groups in total. The zero-order chi connectivity index (χ0) is 13.2. The lowest BCUT2D eigenvalue weighted by Gasteiger charge is -2.13. The molecule has 1 aliphatic rings. The minimum absolute atomic E-state index is 0.279. The van der Waals surface area contributed by atoms with Gasteiger partial charge in [0.05, 0.1) is 11.4 Å². The first-order valence-electron chi connectivity index (χ1n) is 7.08. The molecule has 1 fully saturated rings. The van der Waals surface area contributed by atoms with E-state index in [4.69, 9.17) is 10.1 Å². The summed E-state index contributed by atoms with van der Waals surface area (Å²) in [6.07, 6.45) is 6.58. The third kappa shape index (κ3) is 2.83. The number of imidazole rings is 1. The predicted molar refractivity (Wildman–Crippen MR) is 77.7 cm³/mol. The van der Waals surface area contributed by atoms with Gasteiger partial charge in [0.2, 0.25) is 0 Å². The van der Waals surface area contributed by atoms with Crippen molar-refractivity contribution in [3.8, 4) is 0 Å². The first-order chi connectivity index (χ1) is 9.29. The van der Waals surface area contributed by atoms with Crippen LogP contribution >= 0.6 is 11.3 Å². The number of nitrogens with zero attached hydrogens (tertiary/aromatic N) is 2. The van der Waals surface area contributed by atoms with Gasteiger partial charge in [-0.1, -0.05) is 0 Å². The fourth-order valence-corrected chi connectivity index (χ4v) is 3.22. The molecule has 0 aliphatic heterocycles. The highest BCUT2D eigenvalue weighted by atomic mass is 32.1. The first-order valence-corrected chi connectivity index (χ1v) is 7.96. The van der Waals surface area contributed by atoms with Crippen LogP contribution in [0.25, 0.3) is 4.96 Å². The molecule has 104 valence electrons. The van der Waals surface area contributed by atoms with E-state index in [9.17, 15) is 0 Å². The van der Waals surface area contributed by atoms with Crippen LogP contribution in [0.5, 0.6) is 0 Å². The Labute approximate surface area is 117 Å². The fraction of sp³-hybridized carbons (Fsp3) is 0.643. The van der Waals surface area contributed by atoms with Crippen molar-refractivity contribution in [2.24, 2.45) is 0 Å². The van der Waals surface area contributed by atoms with Gasteiger partial charge in [0.1, 0.15) is 0 Å². The van der Waals surface area contributed by atoms with Crippen LogP contribution in [-0.2, 0) is 6.54 Å². The normalized spacial score (nSPS) is 17.2. The summed E-state index contributed by atoms with van der Waals surface area (Å²) in [6.45, 7) is 3.33. The van der Waals surface area contributed by atoms with Crippen LogP contribution in [0, 0.1) is 0 Å². The number of nitrogens with one attached hydrogen (secondary N) is 1. The quantitative estimate of drug-likeness (QED) is 0.819. The largest absolute Gasteiger partial charge is 0.396 e. The number of fused-ring (bicyclic) bond motifs is 1. The van der Waals surface area contributed by atoms with Crippen LogP contribution < -0.4 is 5.32 Å². The van der Waals surface area contributed by atoms with Crippen LogP contribution in [0.3, 0.4) is 0 Å². The van der Waals surface area contributed by atoms with Crippen LogP contribution in [0.4, 0.5) is 0 Å². The number of thiazole rings is 1. The van der Waals surface area contributed by atoms with Gasteiger partial charge in [-0.25, -0.2) is 4.98 Å². The van der Waals surface area contributed by atoms with Gasteiger partial charge in [-0.05, 0) is 32.6 Å². The van der Waals surface area contributed by atoms with Crippen molar-refractivity contribution in [3.05, 3.63) is 23.0 Å². The van der Waals surface area contributed by atoms with E-state index in [2.05, 4.69) is 28.2 Å². The van der Waals surface area contributed by atoms with Gasteiger partial charge in [0.25, 0.3) is 0 Å². The van der Waals surface area contributed by atoms with Gasteiger partial charge >= 0.3 is 0 Å². The lowest BCUT2D eigenvalue weighted by atomic mass is 10.1. The van der Waals surface area contributed by atoms with Gasteiger partial charge in [-0.2, -0.15) is 0 Å².